The van der Waals surface area contributed by atoms with E-state index in [9.17, 15) is 14.4 Å². The number of nitrogens with one attached hydrogen (secondary N) is 1. The second-order valence-electron chi connectivity index (χ2n) is 7.21. The molecule has 152 valence electrons. The van der Waals surface area contributed by atoms with Crippen molar-refractivity contribution in [1.82, 2.24) is 20.2 Å². The average molecular weight is 405 g/mol. The Morgan fingerprint density at radius 2 is 2.03 bits per heavy atom. The standard InChI is InChI=1S/C21H20FN7O/c1-14-25-26-27-29(14)19-4-2-3-18(12-19)24-21(30)15-7-9-28(10-8-15)20-6-5-17(22)11-16(20)13-23/h2-6,11-12,15H,7-10H2,1H3,(H,24,30). The molecule has 30 heavy (non-hydrogen) atoms. The Balaban J connectivity index is 1.40. The molecule has 9 heteroatoms. The summed E-state index contributed by atoms with van der Waals surface area (Å²) in [5, 5.41) is 23.7. The highest BCUT2D eigenvalue weighted by atomic mass is 19.1. The maximum atomic E-state index is 13.4. The first-order chi connectivity index (χ1) is 14.5. The van der Waals surface area contributed by atoms with Gasteiger partial charge in [0, 0.05) is 24.7 Å². The molecule has 0 radical (unpaired) electrons. The predicted molar refractivity (Wildman–Crippen MR) is 109 cm³/mol. The van der Waals surface area contributed by atoms with Crippen LogP contribution in [-0.2, 0) is 4.79 Å². The number of piperidine rings is 1. The molecule has 1 aliphatic rings. The van der Waals surface area contributed by atoms with E-state index in [2.05, 4.69) is 20.8 Å². The minimum absolute atomic E-state index is 0.0418. The van der Waals surface area contributed by atoms with Crippen molar-refractivity contribution in [2.75, 3.05) is 23.3 Å². The number of anilines is 2. The van der Waals surface area contributed by atoms with Crippen LogP contribution in [-0.4, -0.2) is 39.2 Å². The van der Waals surface area contributed by atoms with Crippen LogP contribution in [0.25, 0.3) is 5.69 Å². The van der Waals surface area contributed by atoms with E-state index >= 15 is 0 Å². The molecule has 0 bridgehead atoms. The van der Waals surface area contributed by atoms with Crippen LogP contribution in [0.1, 0.15) is 24.2 Å². The van der Waals surface area contributed by atoms with E-state index in [4.69, 9.17) is 0 Å². The molecule has 1 amide bonds. The molecule has 0 aliphatic carbocycles. The van der Waals surface area contributed by atoms with E-state index in [0.717, 1.165) is 5.69 Å². The third-order valence-electron chi connectivity index (χ3n) is 5.27. The minimum Gasteiger partial charge on any atom is -0.370 e. The monoisotopic (exact) mass is 405 g/mol. The molecule has 4 rings (SSSR count). The van der Waals surface area contributed by atoms with Crippen molar-refractivity contribution in [3.8, 4) is 11.8 Å². The van der Waals surface area contributed by atoms with Gasteiger partial charge in [-0.3, -0.25) is 4.79 Å². The zero-order valence-corrected chi connectivity index (χ0v) is 16.4. The summed E-state index contributed by atoms with van der Waals surface area (Å²) < 4.78 is 15.0. The third-order valence-corrected chi connectivity index (χ3v) is 5.27. The zero-order valence-electron chi connectivity index (χ0n) is 16.4. The summed E-state index contributed by atoms with van der Waals surface area (Å²) >= 11 is 0. The number of carbonyl (C=O) groups excluding carboxylic acids is 1. The molecule has 1 saturated heterocycles. The first-order valence-corrected chi connectivity index (χ1v) is 9.66. The Hall–Kier alpha value is -3.80. The quantitative estimate of drug-likeness (QED) is 0.717. The molecule has 0 atom stereocenters. The maximum Gasteiger partial charge on any atom is 0.227 e. The Kier molecular flexibility index (Phi) is 5.39. The molecule has 1 aliphatic heterocycles. The summed E-state index contributed by atoms with van der Waals surface area (Å²) in [6.45, 7) is 3.06. The van der Waals surface area contributed by atoms with Gasteiger partial charge >= 0.3 is 0 Å². The van der Waals surface area contributed by atoms with Gasteiger partial charge in [0.2, 0.25) is 5.91 Å². The lowest BCUT2D eigenvalue weighted by Crippen LogP contribution is -2.38. The molecule has 1 aromatic heterocycles. The number of benzene rings is 2. The number of nitriles is 1. The largest absolute Gasteiger partial charge is 0.370 e. The number of aromatic nitrogens is 4. The number of amides is 1. The van der Waals surface area contributed by atoms with Gasteiger partial charge < -0.3 is 10.2 Å². The zero-order chi connectivity index (χ0) is 21.1. The number of aryl methyl sites for hydroxylation is 1. The van der Waals surface area contributed by atoms with Crippen LogP contribution in [0.4, 0.5) is 15.8 Å². The molecular weight excluding hydrogens is 385 g/mol. The van der Waals surface area contributed by atoms with E-state index < -0.39 is 5.82 Å². The molecule has 0 saturated carbocycles. The Bertz CT molecular complexity index is 1110. The highest BCUT2D eigenvalue weighted by molar-refractivity contribution is 5.93. The highest BCUT2D eigenvalue weighted by Gasteiger charge is 2.26. The normalized spacial score (nSPS) is 14.4. The van der Waals surface area contributed by atoms with Crippen molar-refractivity contribution in [3.05, 3.63) is 59.7 Å². The van der Waals surface area contributed by atoms with Crippen molar-refractivity contribution in [3.63, 3.8) is 0 Å². The lowest BCUT2D eigenvalue weighted by Gasteiger charge is -2.33. The molecule has 2 aromatic carbocycles. The predicted octanol–water partition coefficient (Wildman–Crippen LogP) is 2.84. The first kappa shape index (κ1) is 19.5. The van der Waals surface area contributed by atoms with E-state index in [1.54, 1.807) is 17.7 Å². The third kappa shape index (κ3) is 3.98. The van der Waals surface area contributed by atoms with Crippen LogP contribution in [0, 0.1) is 30.0 Å². The lowest BCUT2D eigenvalue weighted by molar-refractivity contribution is -0.120. The molecule has 8 nitrogen and oxygen atoms in total. The molecule has 0 unspecified atom stereocenters. The van der Waals surface area contributed by atoms with Crippen molar-refractivity contribution < 1.29 is 9.18 Å². The molecule has 2 heterocycles. The number of hydrogen-bond donors (Lipinski definition) is 1. The fourth-order valence-corrected chi connectivity index (χ4v) is 3.69. The number of rotatable bonds is 4. The Labute approximate surface area is 172 Å². The number of halogens is 1. The lowest BCUT2D eigenvalue weighted by atomic mass is 9.95. The van der Waals surface area contributed by atoms with Gasteiger partial charge in [-0.15, -0.1) is 5.10 Å². The minimum atomic E-state index is -0.427. The number of carbonyl (C=O) groups is 1. The Morgan fingerprint density at radius 3 is 2.73 bits per heavy atom. The number of tetrazole rings is 1. The van der Waals surface area contributed by atoms with Crippen LogP contribution < -0.4 is 10.2 Å². The summed E-state index contributed by atoms with van der Waals surface area (Å²) in [7, 11) is 0. The first-order valence-electron chi connectivity index (χ1n) is 9.66. The van der Waals surface area contributed by atoms with Gasteiger partial charge in [0.05, 0.1) is 16.9 Å². The molecular formula is C21H20FN7O. The average Bonchev–Trinajstić information content (AvgIpc) is 3.20. The summed E-state index contributed by atoms with van der Waals surface area (Å²) in [5.41, 5.74) is 2.47. The summed E-state index contributed by atoms with van der Waals surface area (Å²) in [5.74, 6) is 0.0533. The SMILES string of the molecule is Cc1nnnn1-c1cccc(NC(=O)C2CCN(c3ccc(F)cc3C#N)CC2)c1. The smallest absolute Gasteiger partial charge is 0.227 e. The van der Waals surface area contributed by atoms with Crippen LogP contribution >= 0.6 is 0 Å². The fraction of sp³-hybridized carbons (Fsp3) is 0.286. The molecule has 3 aromatic rings. The summed E-state index contributed by atoms with van der Waals surface area (Å²) in [4.78, 5) is 14.8. The molecule has 1 N–H and O–H groups in total. The topological polar surface area (TPSA) is 99.7 Å². The second kappa shape index (κ2) is 8.29. The van der Waals surface area contributed by atoms with E-state index in [0.29, 0.717) is 48.7 Å². The highest BCUT2D eigenvalue weighted by Crippen LogP contribution is 2.27. The summed E-state index contributed by atoms with van der Waals surface area (Å²) in [6.07, 6.45) is 1.31. The van der Waals surface area contributed by atoms with Gasteiger partial charge in [-0.05, 0) is 66.6 Å². The van der Waals surface area contributed by atoms with Crippen LogP contribution in [0.15, 0.2) is 42.5 Å². The van der Waals surface area contributed by atoms with Gasteiger partial charge in [-0.2, -0.15) is 9.94 Å². The second-order valence-corrected chi connectivity index (χ2v) is 7.21. The van der Waals surface area contributed by atoms with Crippen molar-refractivity contribution >= 4 is 17.3 Å². The van der Waals surface area contributed by atoms with Gasteiger partial charge in [0.15, 0.2) is 5.82 Å². The van der Waals surface area contributed by atoms with Gasteiger partial charge in [-0.25, -0.2) is 4.39 Å². The van der Waals surface area contributed by atoms with E-state index in [1.807, 2.05) is 35.2 Å². The van der Waals surface area contributed by atoms with E-state index in [1.165, 1.54) is 12.1 Å². The Morgan fingerprint density at radius 1 is 1.23 bits per heavy atom. The summed E-state index contributed by atoms with van der Waals surface area (Å²) in [6, 6.07) is 13.6. The van der Waals surface area contributed by atoms with Crippen LogP contribution in [0.5, 0.6) is 0 Å². The van der Waals surface area contributed by atoms with Crippen LogP contribution in [0.2, 0.25) is 0 Å². The van der Waals surface area contributed by atoms with Gasteiger partial charge in [-0.1, -0.05) is 6.07 Å². The molecule has 1 fully saturated rings. The fourth-order valence-electron chi connectivity index (χ4n) is 3.69. The van der Waals surface area contributed by atoms with Crippen molar-refractivity contribution in [1.29, 1.82) is 5.26 Å². The van der Waals surface area contributed by atoms with E-state index in [-0.39, 0.29) is 11.8 Å². The van der Waals surface area contributed by atoms with Crippen LogP contribution in [0.3, 0.4) is 0 Å². The van der Waals surface area contributed by atoms with Gasteiger partial charge in [0.25, 0.3) is 0 Å². The molecule has 0 spiro atoms. The van der Waals surface area contributed by atoms with Crippen molar-refractivity contribution in [2.45, 2.75) is 19.8 Å². The van der Waals surface area contributed by atoms with Crippen molar-refractivity contribution in [2.24, 2.45) is 5.92 Å². The van der Waals surface area contributed by atoms with Gasteiger partial charge in [0.1, 0.15) is 11.9 Å². The number of nitrogens with zero attached hydrogens (tertiary/aromatic N) is 6. The maximum absolute atomic E-state index is 13.4. The number of hydrogen-bond acceptors (Lipinski definition) is 6.